The molecule has 4 nitrogen and oxygen atoms in total. The molecular weight excluding hydrogens is 216 g/mol. The maximum absolute atomic E-state index is 10.9. The van der Waals surface area contributed by atoms with Crippen LogP contribution < -0.4 is 10.2 Å². The predicted octanol–water partition coefficient (Wildman–Crippen LogP) is 1.66. The Morgan fingerprint density at radius 2 is 1.88 bits per heavy atom. The second-order valence-corrected chi connectivity index (χ2v) is 4.59. The first-order valence-electron chi connectivity index (χ1n) is 5.57. The van der Waals surface area contributed by atoms with Crippen molar-refractivity contribution in [3.8, 4) is 0 Å². The summed E-state index contributed by atoms with van der Waals surface area (Å²) in [4.78, 5) is 12.9. The van der Waals surface area contributed by atoms with Gasteiger partial charge in [-0.15, -0.1) is 0 Å². The average molecular weight is 236 g/mol. The molecule has 0 aliphatic heterocycles. The van der Waals surface area contributed by atoms with Gasteiger partial charge in [0, 0.05) is 19.8 Å². The molecule has 0 fully saturated rings. The first-order valence-corrected chi connectivity index (χ1v) is 5.57. The summed E-state index contributed by atoms with van der Waals surface area (Å²) in [6.45, 7) is 1.89. The zero-order valence-electron chi connectivity index (χ0n) is 10.8. The topological polar surface area (TPSA) is 52.6 Å². The van der Waals surface area contributed by atoms with Crippen LogP contribution in [0.3, 0.4) is 0 Å². The van der Waals surface area contributed by atoms with Crippen LogP contribution in [0.4, 0.5) is 5.69 Å². The maximum atomic E-state index is 10.9. The Morgan fingerprint density at radius 3 is 2.24 bits per heavy atom. The zero-order chi connectivity index (χ0) is 13.1. The Balaban J connectivity index is 3.00. The first kappa shape index (κ1) is 13.5. The van der Waals surface area contributed by atoms with Gasteiger partial charge in [-0.05, 0) is 31.7 Å². The summed E-state index contributed by atoms with van der Waals surface area (Å²) in [6.07, 6.45) is 0.0603. The normalized spacial score (nSPS) is 14.1. The Hall–Kier alpha value is -1.55. The van der Waals surface area contributed by atoms with E-state index in [1.165, 1.54) is 0 Å². The summed E-state index contributed by atoms with van der Waals surface area (Å²) in [6, 6.07) is 7.92. The molecule has 0 spiro atoms. The number of anilines is 1. The smallest absolute Gasteiger partial charge is 0.305 e. The second-order valence-electron chi connectivity index (χ2n) is 4.59. The highest BCUT2D eigenvalue weighted by Gasteiger charge is 2.27. The monoisotopic (exact) mass is 236 g/mol. The minimum atomic E-state index is -0.807. The molecule has 0 aliphatic rings. The van der Waals surface area contributed by atoms with Gasteiger partial charge in [0.2, 0.25) is 0 Å². The molecular formula is C13H20N2O2. The van der Waals surface area contributed by atoms with Gasteiger partial charge in [-0.3, -0.25) is 4.79 Å². The molecule has 4 heteroatoms. The molecule has 2 N–H and O–H groups in total. The molecule has 17 heavy (non-hydrogen) atoms. The Morgan fingerprint density at radius 1 is 1.35 bits per heavy atom. The largest absolute Gasteiger partial charge is 0.481 e. The maximum Gasteiger partial charge on any atom is 0.305 e. The fraction of sp³-hybridized carbons (Fsp3) is 0.462. The lowest BCUT2D eigenvalue weighted by Crippen LogP contribution is -2.38. The molecule has 0 amide bonds. The number of hydrogen-bond acceptors (Lipinski definition) is 3. The minimum Gasteiger partial charge on any atom is -0.481 e. The Labute approximate surface area is 102 Å². The molecule has 0 saturated carbocycles. The van der Waals surface area contributed by atoms with Gasteiger partial charge in [0.1, 0.15) is 0 Å². The third-order valence-corrected chi connectivity index (χ3v) is 3.08. The van der Waals surface area contributed by atoms with Crippen molar-refractivity contribution in [2.45, 2.75) is 18.9 Å². The fourth-order valence-corrected chi connectivity index (χ4v) is 1.76. The van der Waals surface area contributed by atoms with Gasteiger partial charge in [0.05, 0.1) is 12.0 Å². The molecule has 0 bridgehead atoms. The van der Waals surface area contributed by atoms with Gasteiger partial charge < -0.3 is 15.3 Å². The van der Waals surface area contributed by atoms with Crippen molar-refractivity contribution in [1.82, 2.24) is 5.32 Å². The summed E-state index contributed by atoms with van der Waals surface area (Å²) >= 11 is 0. The highest BCUT2D eigenvalue weighted by atomic mass is 16.4. The van der Waals surface area contributed by atoms with Crippen LogP contribution in [0.1, 0.15) is 18.9 Å². The highest BCUT2D eigenvalue weighted by Crippen LogP contribution is 2.26. The molecule has 94 valence electrons. The number of carboxylic acids is 1. The molecule has 1 aromatic carbocycles. The number of benzene rings is 1. The van der Waals surface area contributed by atoms with Crippen molar-refractivity contribution in [1.29, 1.82) is 0 Å². The first-order chi connectivity index (χ1) is 7.89. The van der Waals surface area contributed by atoms with Crippen LogP contribution in [0, 0.1) is 0 Å². The number of hydrogen-bond donors (Lipinski definition) is 2. The Bertz CT molecular complexity index is 387. The van der Waals surface area contributed by atoms with Crippen LogP contribution in [-0.4, -0.2) is 32.2 Å². The molecule has 0 aliphatic carbocycles. The van der Waals surface area contributed by atoms with E-state index in [2.05, 4.69) is 5.32 Å². The van der Waals surface area contributed by atoms with Gasteiger partial charge in [-0.25, -0.2) is 0 Å². The lowest BCUT2D eigenvalue weighted by Gasteiger charge is -2.28. The van der Waals surface area contributed by atoms with Crippen molar-refractivity contribution in [2.75, 3.05) is 26.0 Å². The van der Waals surface area contributed by atoms with Gasteiger partial charge >= 0.3 is 5.97 Å². The summed E-state index contributed by atoms with van der Waals surface area (Å²) in [7, 11) is 5.73. The number of carbonyl (C=O) groups is 1. The highest BCUT2D eigenvalue weighted by molar-refractivity contribution is 5.69. The van der Waals surface area contributed by atoms with E-state index in [0.717, 1.165) is 11.3 Å². The summed E-state index contributed by atoms with van der Waals surface area (Å²) in [5.41, 5.74) is 1.55. The van der Waals surface area contributed by atoms with Gasteiger partial charge in [0.25, 0.3) is 0 Å². The van der Waals surface area contributed by atoms with E-state index in [1.54, 1.807) is 7.05 Å². The molecule has 1 rings (SSSR count). The van der Waals surface area contributed by atoms with Crippen molar-refractivity contribution in [3.05, 3.63) is 29.8 Å². The summed E-state index contributed by atoms with van der Waals surface area (Å²) in [5, 5.41) is 12.0. The third kappa shape index (κ3) is 3.20. The van der Waals surface area contributed by atoms with E-state index < -0.39 is 11.5 Å². The van der Waals surface area contributed by atoms with E-state index in [0.29, 0.717) is 0 Å². The SMILES string of the molecule is CNC(C)(CC(=O)O)c1ccc(N(C)C)cc1. The number of nitrogens with one attached hydrogen (secondary N) is 1. The van der Waals surface area contributed by atoms with Crippen molar-refractivity contribution >= 4 is 11.7 Å². The van der Waals surface area contributed by atoms with Crippen LogP contribution in [0.15, 0.2) is 24.3 Å². The third-order valence-electron chi connectivity index (χ3n) is 3.08. The van der Waals surface area contributed by atoms with E-state index in [1.807, 2.05) is 50.2 Å². The lowest BCUT2D eigenvalue weighted by molar-refractivity contribution is -0.138. The van der Waals surface area contributed by atoms with Crippen molar-refractivity contribution in [2.24, 2.45) is 0 Å². The predicted molar refractivity (Wildman–Crippen MR) is 69.4 cm³/mol. The molecule has 1 atom stereocenters. The van der Waals surface area contributed by atoms with E-state index >= 15 is 0 Å². The zero-order valence-corrected chi connectivity index (χ0v) is 10.8. The number of carboxylic acid groups (broad SMARTS) is 1. The van der Waals surface area contributed by atoms with E-state index in [9.17, 15) is 4.79 Å². The summed E-state index contributed by atoms with van der Waals surface area (Å²) in [5.74, 6) is -0.807. The molecule has 1 aromatic rings. The van der Waals surface area contributed by atoms with E-state index in [-0.39, 0.29) is 6.42 Å². The van der Waals surface area contributed by atoms with Crippen LogP contribution in [0.25, 0.3) is 0 Å². The number of aliphatic carboxylic acids is 1. The van der Waals surface area contributed by atoms with Gasteiger partial charge in [0.15, 0.2) is 0 Å². The van der Waals surface area contributed by atoms with Crippen LogP contribution in [-0.2, 0) is 10.3 Å². The minimum absolute atomic E-state index is 0.0603. The van der Waals surface area contributed by atoms with Crippen molar-refractivity contribution in [3.63, 3.8) is 0 Å². The quantitative estimate of drug-likeness (QED) is 0.816. The molecule has 0 heterocycles. The van der Waals surface area contributed by atoms with E-state index in [4.69, 9.17) is 5.11 Å². The van der Waals surface area contributed by atoms with Crippen molar-refractivity contribution < 1.29 is 9.90 Å². The van der Waals surface area contributed by atoms with Crippen LogP contribution in [0.5, 0.6) is 0 Å². The van der Waals surface area contributed by atoms with Gasteiger partial charge in [-0.1, -0.05) is 12.1 Å². The average Bonchev–Trinajstić information content (AvgIpc) is 2.28. The second kappa shape index (κ2) is 5.19. The summed E-state index contributed by atoms with van der Waals surface area (Å²) < 4.78 is 0. The Kier molecular flexibility index (Phi) is 4.12. The molecule has 1 unspecified atom stereocenters. The van der Waals surface area contributed by atoms with Crippen LogP contribution in [0.2, 0.25) is 0 Å². The van der Waals surface area contributed by atoms with Crippen LogP contribution >= 0.6 is 0 Å². The standard InChI is InChI=1S/C13H20N2O2/c1-13(14-2,9-12(16)17)10-5-7-11(8-6-10)15(3)4/h5-8,14H,9H2,1-4H3,(H,16,17). The van der Waals surface area contributed by atoms with Gasteiger partial charge in [-0.2, -0.15) is 0 Å². The molecule has 0 radical (unpaired) electrons. The molecule has 0 aromatic heterocycles. The lowest BCUT2D eigenvalue weighted by atomic mass is 9.88. The molecule has 0 saturated heterocycles. The fourth-order valence-electron chi connectivity index (χ4n) is 1.76. The number of nitrogens with zero attached hydrogens (tertiary/aromatic N) is 1. The number of rotatable bonds is 5.